The first-order valence-electron chi connectivity index (χ1n) is 5.85. The van der Waals surface area contributed by atoms with E-state index >= 15 is 0 Å². The van der Waals surface area contributed by atoms with Crippen molar-refractivity contribution >= 4 is 55.2 Å². The molecule has 0 unspecified atom stereocenters. The minimum Gasteiger partial charge on any atom is -0.323 e. The molecule has 1 aromatic carbocycles. The fourth-order valence-corrected chi connectivity index (χ4v) is 3.84. The van der Waals surface area contributed by atoms with Crippen LogP contribution >= 0.6 is 43.6 Å². The molecule has 0 spiro atoms. The Labute approximate surface area is 138 Å². The normalized spacial score (nSPS) is 10.3. The van der Waals surface area contributed by atoms with E-state index in [0.717, 1.165) is 25.2 Å². The van der Waals surface area contributed by atoms with Gasteiger partial charge in [-0.25, -0.2) is 4.98 Å². The van der Waals surface area contributed by atoms with E-state index < -0.39 is 0 Å². The first kappa shape index (κ1) is 15.5. The lowest BCUT2D eigenvalue weighted by atomic mass is 10.2. The van der Waals surface area contributed by atoms with E-state index in [1.165, 1.54) is 11.8 Å². The Balaban J connectivity index is 1.98. The number of nitrogens with one attached hydrogen (secondary N) is 1. The summed E-state index contributed by atoms with van der Waals surface area (Å²) < 4.78 is 1.72. The van der Waals surface area contributed by atoms with Crippen molar-refractivity contribution in [3.63, 3.8) is 0 Å². The van der Waals surface area contributed by atoms with Gasteiger partial charge in [0.25, 0.3) is 0 Å². The molecule has 1 heterocycles. The topological polar surface area (TPSA) is 42.0 Å². The van der Waals surface area contributed by atoms with Crippen molar-refractivity contribution in [2.45, 2.75) is 11.9 Å². The maximum Gasteiger partial charge on any atom is 0.234 e. The molecule has 20 heavy (non-hydrogen) atoms. The van der Waals surface area contributed by atoms with E-state index in [9.17, 15) is 4.79 Å². The molecule has 0 saturated heterocycles. The summed E-state index contributed by atoms with van der Waals surface area (Å²) in [6.07, 6.45) is 1.72. The summed E-state index contributed by atoms with van der Waals surface area (Å²) in [6, 6.07) is 9.57. The molecule has 0 bridgehead atoms. The van der Waals surface area contributed by atoms with Gasteiger partial charge in [0.1, 0.15) is 0 Å². The SMILES string of the molecule is Cc1cc(Br)c(NC(=O)CSc2ccccn2)c(Br)c1. The van der Waals surface area contributed by atoms with Crippen LogP contribution < -0.4 is 5.32 Å². The highest BCUT2D eigenvalue weighted by Gasteiger charge is 2.10. The molecule has 2 rings (SSSR count). The highest BCUT2D eigenvalue weighted by atomic mass is 79.9. The minimum atomic E-state index is -0.0640. The Hall–Kier alpha value is -0.850. The van der Waals surface area contributed by atoms with Crippen LogP contribution in [0, 0.1) is 6.92 Å². The van der Waals surface area contributed by atoms with Crippen LogP contribution in [0.4, 0.5) is 5.69 Å². The summed E-state index contributed by atoms with van der Waals surface area (Å²) in [5, 5.41) is 3.73. The first-order chi connectivity index (χ1) is 9.56. The molecule has 1 aromatic heterocycles. The predicted octanol–water partition coefficient (Wildman–Crippen LogP) is 4.65. The smallest absolute Gasteiger partial charge is 0.234 e. The molecule has 0 fully saturated rings. The van der Waals surface area contributed by atoms with Crippen LogP contribution in [-0.2, 0) is 4.79 Å². The number of aryl methyl sites for hydroxylation is 1. The quantitative estimate of drug-likeness (QED) is 0.739. The lowest BCUT2D eigenvalue weighted by Gasteiger charge is -2.10. The van der Waals surface area contributed by atoms with Crippen LogP contribution in [0.3, 0.4) is 0 Å². The van der Waals surface area contributed by atoms with E-state index in [1.54, 1.807) is 6.20 Å². The molecule has 0 atom stereocenters. The zero-order valence-corrected chi connectivity index (χ0v) is 14.7. The molecule has 0 aliphatic carbocycles. The van der Waals surface area contributed by atoms with E-state index in [1.807, 2.05) is 37.3 Å². The molecule has 1 amide bonds. The first-order valence-corrected chi connectivity index (χ1v) is 8.43. The number of aromatic nitrogens is 1. The van der Waals surface area contributed by atoms with Gasteiger partial charge in [-0.3, -0.25) is 4.79 Å². The number of hydrogen-bond donors (Lipinski definition) is 1. The molecule has 6 heteroatoms. The molecule has 0 aliphatic heterocycles. The Morgan fingerprint density at radius 2 is 2.00 bits per heavy atom. The van der Waals surface area contributed by atoms with E-state index in [4.69, 9.17) is 0 Å². The van der Waals surface area contributed by atoms with Crippen LogP contribution in [0.1, 0.15) is 5.56 Å². The van der Waals surface area contributed by atoms with E-state index in [2.05, 4.69) is 42.2 Å². The number of pyridine rings is 1. The molecule has 3 nitrogen and oxygen atoms in total. The summed E-state index contributed by atoms with van der Waals surface area (Å²) in [7, 11) is 0. The van der Waals surface area contributed by atoms with Crippen LogP contribution in [0.2, 0.25) is 0 Å². The van der Waals surface area contributed by atoms with Crippen molar-refractivity contribution in [3.05, 3.63) is 51.0 Å². The Morgan fingerprint density at radius 1 is 1.30 bits per heavy atom. The summed E-state index contributed by atoms with van der Waals surface area (Å²) in [5.74, 6) is 0.259. The third-order valence-electron chi connectivity index (χ3n) is 2.44. The number of anilines is 1. The molecule has 104 valence electrons. The van der Waals surface area contributed by atoms with Gasteiger partial charge in [0.05, 0.1) is 16.5 Å². The largest absolute Gasteiger partial charge is 0.323 e. The second-order valence-corrected chi connectivity index (χ2v) is 6.81. The highest BCUT2D eigenvalue weighted by Crippen LogP contribution is 2.32. The number of carbonyl (C=O) groups is 1. The van der Waals surface area contributed by atoms with Crippen molar-refractivity contribution < 1.29 is 4.79 Å². The highest BCUT2D eigenvalue weighted by molar-refractivity contribution is 9.11. The van der Waals surface area contributed by atoms with E-state index in [-0.39, 0.29) is 5.91 Å². The zero-order valence-electron chi connectivity index (χ0n) is 10.7. The number of thioether (sulfide) groups is 1. The second-order valence-electron chi connectivity index (χ2n) is 4.11. The van der Waals surface area contributed by atoms with Gasteiger partial charge in [-0.1, -0.05) is 17.8 Å². The molecular weight excluding hydrogens is 404 g/mol. The van der Waals surface area contributed by atoms with Crippen molar-refractivity contribution in [2.75, 3.05) is 11.1 Å². The Bertz CT molecular complexity index is 597. The number of carbonyl (C=O) groups excluding carboxylic acids is 1. The molecular formula is C14H12Br2N2OS. The second kappa shape index (κ2) is 7.24. The lowest BCUT2D eigenvalue weighted by Crippen LogP contribution is -2.15. The zero-order chi connectivity index (χ0) is 14.5. The van der Waals surface area contributed by atoms with Gasteiger partial charge in [0.2, 0.25) is 5.91 Å². The van der Waals surface area contributed by atoms with Crippen LogP contribution in [0.25, 0.3) is 0 Å². The van der Waals surface area contributed by atoms with Gasteiger partial charge in [0.15, 0.2) is 0 Å². The van der Waals surface area contributed by atoms with Gasteiger partial charge >= 0.3 is 0 Å². The molecule has 0 radical (unpaired) electrons. The van der Waals surface area contributed by atoms with Crippen LogP contribution in [0.5, 0.6) is 0 Å². The summed E-state index contributed by atoms with van der Waals surface area (Å²) >= 11 is 8.33. The Morgan fingerprint density at radius 3 is 2.60 bits per heavy atom. The number of halogens is 2. The van der Waals surface area contributed by atoms with Crippen molar-refractivity contribution in [1.82, 2.24) is 4.98 Å². The average molecular weight is 416 g/mol. The third kappa shape index (κ3) is 4.33. The third-order valence-corrected chi connectivity index (χ3v) is 4.63. The number of amides is 1. The minimum absolute atomic E-state index is 0.0640. The predicted molar refractivity (Wildman–Crippen MR) is 90.2 cm³/mol. The summed E-state index contributed by atoms with van der Waals surface area (Å²) in [4.78, 5) is 16.1. The maximum absolute atomic E-state index is 12.0. The van der Waals surface area contributed by atoms with Crippen molar-refractivity contribution in [1.29, 1.82) is 0 Å². The fraction of sp³-hybridized carbons (Fsp3) is 0.143. The van der Waals surface area contributed by atoms with E-state index in [0.29, 0.717) is 5.75 Å². The average Bonchev–Trinajstić information content (AvgIpc) is 2.42. The molecule has 2 aromatic rings. The number of hydrogen-bond acceptors (Lipinski definition) is 3. The van der Waals surface area contributed by atoms with Crippen molar-refractivity contribution in [2.24, 2.45) is 0 Å². The van der Waals surface area contributed by atoms with Gasteiger partial charge in [-0.05, 0) is 68.6 Å². The van der Waals surface area contributed by atoms with Crippen molar-refractivity contribution in [3.8, 4) is 0 Å². The maximum atomic E-state index is 12.0. The van der Waals surface area contributed by atoms with Crippen LogP contribution in [-0.4, -0.2) is 16.6 Å². The molecule has 0 aliphatic rings. The lowest BCUT2D eigenvalue weighted by molar-refractivity contribution is -0.113. The van der Waals surface area contributed by atoms with Gasteiger partial charge in [-0.15, -0.1) is 0 Å². The van der Waals surface area contributed by atoms with Crippen LogP contribution in [0.15, 0.2) is 50.5 Å². The standard InChI is InChI=1S/C14H12Br2N2OS/c1-9-6-10(15)14(11(16)7-9)18-12(19)8-20-13-4-2-3-5-17-13/h2-7H,8H2,1H3,(H,18,19). The summed E-state index contributed by atoms with van der Waals surface area (Å²) in [5.41, 5.74) is 1.87. The van der Waals surface area contributed by atoms with Gasteiger partial charge < -0.3 is 5.32 Å². The number of rotatable bonds is 4. The monoisotopic (exact) mass is 414 g/mol. The fourth-order valence-electron chi connectivity index (χ4n) is 1.57. The molecule has 1 N–H and O–H groups in total. The van der Waals surface area contributed by atoms with Gasteiger partial charge in [0, 0.05) is 15.1 Å². The molecule has 0 saturated carbocycles. The summed E-state index contributed by atoms with van der Waals surface area (Å²) in [6.45, 7) is 2.00. The van der Waals surface area contributed by atoms with Gasteiger partial charge in [-0.2, -0.15) is 0 Å². The Kier molecular flexibility index (Phi) is 5.63. The number of nitrogens with zero attached hydrogens (tertiary/aromatic N) is 1. The number of benzene rings is 1.